The molecule has 0 aliphatic carbocycles. The first kappa shape index (κ1) is 80.1. The maximum Gasteiger partial charge on any atom is 0.280 e. The molecule has 16 atom stereocenters. The van der Waals surface area contributed by atoms with Gasteiger partial charge in [0.15, 0.2) is 28.4 Å². The molecule has 0 saturated heterocycles. The van der Waals surface area contributed by atoms with E-state index in [0.29, 0.717) is 19.4 Å². The summed E-state index contributed by atoms with van der Waals surface area (Å²) in [5, 5.41) is 220. The van der Waals surface area contributed by atoms with Crippen LogP contribution in [-0.2, 0) is 17.6 Å². The highest BCUT2D eigenvalue weighted by Crippen LogP contribution is 2.23. The number of unbranched alkanes of at least 4 members (excludes halogenated alkanes) is 1. The Labute approximate surface area is 531 Å². The average Bonchev–Trinajstić information content (AvgIpc) is 1.75. The van der Waals surface area contributed by atoms with Gasteiger partial charge in [0.2, 0.25) is 5.91 Å². The van der Waals surface area contributed by atoms with E-state index < -0.39 is 156 Å². The van der Waals surface area contributed by atoms with Crippen molar-refractivity contribution in [3.05, 3.63) is 70.5 Å². The lowest BCUT2D eigenvalue weighted by atomic mass is 9.99. The largest absolute Gasteiger partial charge is 0.394 e. The molecule has 2 aromatic carbocycles. The van der Waals surface area contributed by atoms with Crippen LogP contribution >= 0.6 is 11.6 Å². The van der Waals surface area contributed by atoms with Gasteiger partial charge in [0.1, 0.15) is 73.2 Å². The van der Waals surface area contributed by atoms with Gasteiger partial charge in [0.25, 0.3) is 5.91 Å². The highest BCUT2D eigenvalue weighted by molar-refractivity contribution is 6.31. The smallest absolute Gasteiger partial charge is 0.280 e. The van der Waals surface area contributed by atoms with E-state index in [-0.39, 0.29) is 92.9 Å². The van der Waals surface area contributed by atoms with Crippen molar-refractivity contribution in [1.29, 1.82) is 5.41 Å². The summed E-state index contributed by atoms with van der Waals surface area (Å²) in [5.74, 6) is -1.68. The number of nitrogens with one attached hydrogen (secondary N) is 4. The van der Waals surface area contributed by atoms with Crippen LogP contribution in [0.25, 0.3) is 11.1 Å². The summed E-state index contributed by atoms with van der Waals surface area (Å²) in [6.07, 6.45) is -28.1. The zero-order valence-corrected chi connectivity index (χ0v) is 51.2. The van der Waals surface area contributed by atoms with Gasteiger partial charge in [-0.3, -0.25) is 30.1 Å². The molecule has 33 nitrogen and oxygen atoms in total. The van der Waals surface area contributed by atoms with Gasteiger partial charge in [-0.2, -0.15) is 0 Å². The normalized spacial score (nSPS) is 17.4. The predicted molar refractivity (Wildman–Crippen MR) is 328 cm³/mol. The summed E-state index contributed by atoms with van der Waals surface area (Å²) in [4.78, 5) is 37.8. The lowest BCUT2D eigenvalue weighted by Crippen LogP contribution is -2.53. The molecule has 0 fully saturated rings. The van der Waals surface area contributed by atoms with Crippen molar-refractivity contribution >= 4 is 41.0 Å². The number of hydrogen-bond acceptors (Lipinski definition) is 30. The van der Waals surface area contributed by atoms with Gasteiger partial charge in [0, 0.05) is 52.2 Å². The minimum atomic E-state index is -2.04. The number of aryl methyl sites for hydroxylation is 2. The highest BCUT2D eigenvalue weighted by Gasteiger charge is 2.37. The third kappa shape index (κ3) is 27.4. The Kier molecular flexibility index (Phi) is 36.6. The monoisotopic (exact) mass is 1320 g/mol. The fraction of sp³-hybridized carbons (Fsp3) is 0.667. The van der Waals surface area contributed by atoms with E-state index in [4.69, 9.17) is 28.5 Å². The first-order valence-corrected chi connectivity index (χ1v) is 30.1. The van der Waals surface area contributed by atoms with Gasteiger partial charge in [-0.15, -0.1) is 0 Å². The number of anilines is 2. The molecule has 2 amide bonds. The molecule has 3 rings (SSSR count). The van der Waals surface area contributed by atoms with Crippen molar-refractivity contribution in [2.45, 2.75) is 143 Å². The first-order chi connectivity index (χ1) is 43.1. The number of nitrogens with two attached hydrogens (primary N) is 2. The summed E-state index contributed by atoms with van der Waals surface area (Å²) in [6.45, 7) is -5.25. The Bertz CT molecular complexity index is 2440. The second-order valence-corrected chi connectivity index (χ2v) is 22.7. The molecule has 1 aromatic heterocycles. The molecule has 0 aliphatic rings. The molecule has 91 heavy (non-hydrogen) atoms. The summed E-state index contributed by atoms with van der Waals surface area (Å²) in [5.41, 5.74) is 14.9. The van der Waals surface area contributed by atoms with Crippen LogP contribution in [0.4, 0.5) is 11.6 Å². The van der Waals surface area contributed by atoms with Crippen molar-refractivity contribution in [3.63, 3.8) is 0 Å². The summed E-state index contributed by atoms with van der Waals surface area (Å²) >= 11 is 5.85. The van der Waals surface area contributed by atoms with Gasteiger partial charge in [-0.1, -0.05) is 60.1 Å². The SMILES string of the molecule is N=C(NCCCCc1ccc(-c2ccc(CCC(=O)NCCN(CCCN(C[C@H](O)[C@@H](O)[C@H](O)[C@H](O)CO)C[C@H](O)[C@@H](O)[C@H](O)[C@H](O)CO)CCCN(C[C@H](O)[C@@H](O)[C@H](O)[C@H](O)CO)C[C@H](O)[C@@H](O)[C@H](O)[C@H](O)CO)cc2)cc1)NC(=O)c1nc(Cl)c(N)nc1N. The van der Waals surface area contributed by atoms with Gasteiger partial charge in [0.05, 0.1) is 50.8 Å². The molecular formula is C57H96ClN11O22. The van der Waals surface area contributed by atoms with Crippen LogP contribution in [0.15, 0.2) is 48.5 Å². The number of nitrogens with zero attached hydrogens (tertiary/aromatic N) is 5. The number of aliphatic hydroxyl groups excluding tert-OH is 20. The molecule has 0 spiro atoms. The fourth-order valence-electron chi connectivity index (χ4n) is 9.55. The van der Waals surface area contributed by atoms with Crippen LogP contribution in [0.1, 0.15) is 53.7 Å². The molecule has 0 radical (unpaired) electrons. The van der Waals surface area contributed by atoms with E-state index >= 15 is 0 Å². The predicted octanol–water partition coefficient (Wildman–Crippen LogP) is -9.28. The minimum absolute atomic E-state index is 0.0697. The molecule has 28 N–H and O–H groups in total. The summed E-state index contributed by atoms with van der Waals surface area (Å²) in [6, 6.07) is 15.7. The quantitative estimate of drug-likeness (QED) is 0.0142. The number of nitrogen functional groups attached to an aromatic ring is 2. The Morgan fingerprint density at radius 3 is 1.20 bits per heavy atom. The second-order valence-electron chi connectivity index (χ2n) is 22.4. The number of aromatic nitrogens is 2. The molecule has 0 aliphatic heterocycles. The molecule has 34 heteroatoms. The van der Waals surface area contributed by atoms with E-state index in [1.807, 2.05) is 53.4 Å². The summed E-state index contributed by atoms with van der Waals surface area (Å²) < 4.78 is 0. The second kappa shape index (κ2) is 41.6. The number of halogens is 1. The van der Waals surface area contributed by atoms with E-state index in [1.54, 1.807) is 0 Å². The maximum atomic E-state index is 13.3. The Hall–Kier alpha value is -5.10. The first-order valence-electron chi connectivity index (χ1n) is 29.7. The van der Waals surface area contributed by atoms with E-state index in [1.165, 1.54) is 9.80 Å². The van der Waals surface area contributed by atoms with Crippen LogP contribution in [0, 0.1) is 5.41 Å². The highest BCUT2D eigenvalue weighted by atomic mass is 35.5. The Balaban J connectivity index is 1.70. The minimum Gasteiger partial charge on any atom is -0.394 e. The van der Waals surface area contributed by atoms with Gasteiger partial charge < -0.3 is 129 Å². The van der Waals surface area contributed by atoms with Crippen molar-refractivity contribution in [2.75, 3.05) is 110 Å². The Morgan fingerprint density at radius 1 is 0.451 bits per heavy atom. The molecule has 518 valence electrons. The standard InChI is InChI=1S/C57H96ClN11O22/c58-53-55(60)65-54(59)44(64-53)56(91)66-57(61)63-16-2-1-5-31-6-11-33(12-7-31)34-13-8-32(9-14-34)10-15-43(82)62-17-22-67(18-3-20-68(23-35(74)45(83)49(87)39(78)27-70)24-36(75)46(84)50(88)40(79)28-71)19-4-21-69(25-37(76)47(85)51(89)41(80)29-72)26-38(77)48(86)52(90)42(81)30-73/h6-9,11-14,35-42,45-52,70-81,83-90H,1-5,10,15-30H2,(H,62,82)(H4,59,60,65)(H3,61,63,66,91)/t35-,36-,37-,38-,39+,40+,41+,42+,45+,46+,47+,48+,49+,50+,51+,52+/m0/s1. The lowest BCUT2D eigenvalue weighted by Gasteiger charge is -2.34. The zero-order valence-electron chi connectivity index (χ0n) is 50.4. The number of carbonyl (C=O) groups is 2. The molecule has 0 unspecified atom stereocenters. The van der Waals surface area contributed by atoms with Gasteiger partial charge >= 0.3 is 0 Å². The van der Waals surface area contributed by atoms with Gasteiger partial charge in [-0.05, 0) is 87.0 Å². The zero-order chi connectivity index (χ0) is 68.1. The van der Waals surface area contributed by atoms with Crippen molar-refractivity contribution in [3.8, 4) is 11.1 Å². The average molecular weight is 1320 g/mol. The number of rotatable bonds is 45. The lowest BCUT2D eigenvalue weighted by molar-refractivity contribution is -0.130. The molecule has 3 aromatic rings. The van der Waals surface area contributed by atoms with Crippen LogP contribution in [0.3, 0.4) is 0 Å². The number of hydrogen-bond donors (Lipinski definition) is 26. The van der Waals surface area contributed by atoms with Crippen LogP contribution in [-0.4, -0.2) is 341 Å². The van der Waals surface area contributed by atoms with E-state index in [9.17, 15) is 112 Å². The molecule has 0 saturated carbocycles. The van der Waals surface area contributed by atoms with Crippen molar-refractivity contribution in [2.24, 2.45) is 0 Å². The van der Waals surface area contributed by atoms with E-state index in [0.717, 1.165) is 35.1 Å². The molecule has 1 heterocycles. The number of benzene rings is 2. The van der Waals surface area contributed by atoms with Crippen LogP contribution in [0.5, 0.6) is 0 Å². The third-order valence-electron chi connectivity index (χ3n) is 15.2. The number of carbonyl (C=O) groups excluding carboxylic acids is 2. The molecule has 0 bridgehead atoms. The van der Waals surface area contributed by atoms with Crippen molar-refractivity contribution in [1.82, 2.24) is 40.6 Å². The number of guanidine groups is 1. The number of amides is 2. The maximum absolute atomic E-state index is 13.3. The van der Waals surface area contributed by atoms with Gasteiger partial charge in [-0.25, -0.2) is 9.97 Å². The number of aliphatic hydroxyl groups is 20. The van der Waals surface area contributed by atoms with Crippen molar-refractivity contribution < 1.29 is 112 Å². The third-order valence-corrected chi connectivity index (χ3v) is 15.4. The van der Waals surface area contributed by atoms with E-state index in [2.05, 4.69) is 25.9 Å². The Morgan fingerprint density at radius 2 is 0.813 bits per heavy atom. The molecular weight excluding hydrogens is 1230 g/mol. The summed E-state index contributed by atoms with van der Waals surface area (Å²) in [7, 11) is 0. The van der Waals surface area contributed by atoms with Crippen LogP contribution < -0.4 is 27.4 Å². The van der Waals surface area contributed by atoms with Crippen LogP contribution in [0.2, 0.25) is 5.15 Å². The topological polar surface area (TPSA) is 586 Å². The fourth-order valence-corrected chi connectivity index (χ4v) is 9.68.